The third-order valence-corrected chi connectivity index (χ3v) is 15.2. The second-order valence-corrected chi connectivity index (χ2v) is 20.4. The number of carbonyl (C=O) groups is 4. The van der Waals surface area contributed by atoms with Crippen LogP contribution < -0.4 is 5.32 Å². The minimum absolute atomic E-state index is 0. The van der Waals surface area contributed by atoms with Crippen LogP contribution in [0.25, 0.3) is 0 Å². The van der Waals surface area contributed by atoms with Gasteiger partial charge in [-0.3, -0.25) is 24.2 Å². The largest absolute Gasteiger partial charge is 0.481 e. The molecule has 3 aromatic rings. The smallest absolute Gasteiger partial charge is 0.416 e. The van der Waals surface area contributed by atoms with Gasteiger partial charge in [0, 0.05) is 37.4 Å². The molecule has 6 rings (SSSR count). The molecule has 25 heteroatoms. The first kappa shape index (κ1) is 64.2. The van der Waals surface area contributed by atoms with Crippen LogP contribution in [-0.4, -0.2) is 117 Å². The van der Waals surface area contributed by atoms with Crippen molar-refractivity contribution in [2.24, 2.45) is 0 Å². The van der Waals surface area contributed by atoms with Gasteiger partial charge in [-0.15, -0.1) is 12.4 Å². The second kappa shape index (κ2) is 31.1. The number of nitrogens with zero attached hydrogens (tertiary/aromatic N) is 3. The molecule has 3 fully saturated rings. The van der Waals surface area contributed by atoms with E-state index in [2.05, 4.69) is 10.3 Å². The summed E-state index contributed by atoms with van der Waals surface area (Å²) in [7, 11) is -8.30. The van der Waals surface area contributed by atoms with Gasteiger partial charge in [0.25, 0.3) is 0 Å². The van der Waals surface area contributed by atoms with E-state index in [1.54, 1.807) is 26.1 Å². The molecule has 16 nitrogen and oxygen atoms in total. The molecular weight excluding hydrogens is 1040 g/mol. The molecular formula is C48H65ClF6N4O12S2. The number of nitrogens with one attached hydrogen (secondary N) is 1. The number of piperidine rings is 3. The molecule has 3 aliphatic rings. The summed E-state index contributed by atoms with van der Waals surface area (Å²) in [5, 5.41) is 12.2. The number of halogens is 7. The zero-order valence-corrected chi connectivity index (χ0v) is 43.3. The molecule has 0 radical (unpaired) electrons. The van der Waals surface area contributed by atoms with Crippen molar-refractivity contribution in [2.45, 2.75) is 145 Å². The third-order valence-electron chi connectivity index (χ3n) is 11.3. The molecule has 4 heterocycles. The average molecular weight is 1100 g/mol. The molecule has 0 spiro atoms. The summed E-state index contributed by atoms with van der Waals surface area (Å²) in [4.78, 5) is 47.7. The van der Waals surface area contributed by atoms with Crippen LogP contribution in [0.5, 0.6) is 0 Å². The van der Waals surface area contributed by atoms with E-state index >= 15 is 0 Å². The van der Waals surface area contributed by atoms with Crippen molar-refractivity contribution in [3.63, 3.8) is 0 Å². The predicted molar refractivity (Wildman–Crippen MR) is 258 cm³/mol. The quantitative estimate of drug-likeness (QED) is 0.0828. The van der Waals surface area contributed by atoms with Gasteiger partial charge in [0.15, 0.2) is 0 Å². The first-order valence-corrected chi connectivity index (χ1v) is 26.5. The Bertz CT molecular complexity index is 2410. The fourth-order valence-corrected chi connectivity index (χ4v) is 11.4. The van der Waals surface area contributed by atoms with Crippen LogP contribution >= 0.6 is 12.4 Å². The number of ether oxygens (including phenoxy) is 3. The maximum absolute atomic E-state index is 12.9. The van der Waals surface area contributed by atoms with Crippen LogP contribution in [-0.2, 0) is 72.2 Å². The van der Waals surface area contributed by atoms with Gasteiger partial charge in [0.05, 0.1) is 72.1 Å². The molecule has 3 aliphatic heterocycles. The lowest BCUT2D eigenvalue weighted by atomic mass is 10.0. The van der Waals surface area contributed by atoms with Crippen molar-refractivity contribution in [1.82, 2.24) is 18.9 Å². The van der Waals surface area contributed by atoms with E-state index < -0.39 is 77.3 Å². The average Bonchev–Trinajstić information content (AvgIpc) is 3.33. The Labute approximate surface area is 429 Å². The monoisotopic (exact) mass is 1100 g/mol. The second-order valence-electron chi connectivity index (χ2n) is 16.6. The fourth-order valence-electron chi connectivity index (χ4n) is 7.92. The number of pyridine rings is 1. The fraction of sp³-hybridized carbons (Fsp3) is 0.562. The Morgan fingerprint density at radius 1 is 0.630 bits per heavy atom. The van der Waals surface area contributed by atoms with E-state index in [-0.39, 0.29) is 63.3 Å². The summed E-state index contributed by atoms with van der Waals surface area (Å²) < 4.78 is 144. The van der Waals surface area contributed by atoms with Crippen molar-refractivity contribution < 1.29 is 81.7 Å². The number of carboxylic acid groups (broad SMARTS) is 1. The zero-order chi connectivity index (χ0) is 53.5. The van der Waals surface area contributed by atoms with Gasteiger partial charge in [-0.25, -0.2) is 16.8 Å². The van der Waals surface area contributed by atoms with Crippen molar-refractivity contribution in [3.05, 3.63) is 89.7 Å². The van der Waals surface area contributed by atoms with Crippen LogP contribution in [0.3, 0.4) is 0 Å². The number of rotatable bonds is 15. The number of carboxylic acids is 1. The summed E-state index contributed by atoms with van der Waals surface area (Å²) in [5.41, 5.74) is -1.33. The number of hydrogen-bond acceptors (Lipinski definition) is 13. The SMILES string of the molecule is CCOC(=O)CC1CCCCN1.CCOC(=O)CC1CCCCN1S(=O)(=O)c1cccc(C(F)(F)F)c1.CCOC(=O)Cc1ccccn1.Cl.O=C(O)CC1CCCCN1S(=O)(=O)c1cccc(C(F)(F)F)c1. The van der Waals surface area contributed by atoms with Crippen molar-refractivity contribution in [3.8, 4) is 0 Å². The van der Waals surface area contributed by atoms with Crippen LogP contribution in [0.1, 0.15) is 115 Å². The zero-order valence-electron chi connectivity index (χ0n) is 40.9. The minimum Gasteiger partial charge on any atom is -0.481 e. The topological polar surface area (TPSA) is 216 Å². The first-order valence-electron chi connectivity index (χ1n) is 23.6. The number of benzene rings is 2. The molecule has 2 N–H and O–H groups in total. The molecule has 410 valence electrons. The molecule has 3 atom stereocenters. The number of esters is 3. The third kappa shape index (κ3) is 21.9. The van der Waals surface area contributed by atoms with E-state index in [9.17, 15) is 62.4 Å². The number of carbonyl (C=O) groups excluding carboxylic acids is 3. The lowest BCUT2D eigenvalue weighted by Gasteiger charge is -2.34. The summed E-state index contributed by atoms with van der Waals surface area (Å²) in [5.74, 6) is -1.95. The molecule has 0 bridgehead atoms. The van der Waals surface area contributed by atoms with E-state index in [4.69, 9.17) is 19.3 Å². The van der Waals surface area contributed by atoms with E-state index in [0.717, 1.165) is 70.1 Å². The number of hydrogen-bond donors (Lipinski definition) is 2. The van der Waals surface area contributed by atoms with E-state index in [1.165, 1.54) is 12.8 Å². The Balaban J connectivity index is 0.000000349. The normalized spacial score (nSPS) is 18.6. The Morgan fingerprint density at radius 3 is 1.52 bits per heavy atom. The van der Waals surface area contributed by atoms with Crippen LogP contribution in [0.2, 0.25) is 0 Å². The predicted octanol–water partition coefficient (Wildman–Crippen LogP) is 8.62. The molecule has 1 aromatic heterocycles. The maximum atomic E-state index is 12.9. The summed E-state index contributed by atoms with van der Waals surface area (Å²) in [6.45, 7) is 7.70. The van der Waals surface area contributed by atoms with Crippen LogP contribution in [0.15, 0.2) is 82.7 Å². The van der Waals surface area contributed by atoms with Crippen LogP contribution in [0, 0.1) is 0 Å². The lowest BCUT2D eigenvalue weighted by molar-refractivity contribution is -0.145. The van der Waals surface area contributed by atoms with Gasteiger partial charge in [-0.1, -0.05) is 37.5 Å². The Morgan fingerprint density at radius 2 is 1.10 bits per heavy atom. The highest BCUT2D eigenvalue weighted by atomic mass is 35.5. The minimum atomic E-state index is -4.64. The highest BCUT2D eigenvalue weighted by Crippen LogP contribution is 2.35. The number of alkyl halides is 6. The molecule has 2 aromatic carbocycles. The number of aromatic nitrogens is 1. The van der Waals surface area contributed by atoms with Crippen molar-refractivity contribution in [1.29, 1.82) is 0 Å². The highest BCUT2D eigenvalue weighted by molar-refractivity contribution is 7.89. The van der Waals surface area contributed by atoms with Gasteiger partial charge in [-0.05, 0) is 114 Å². The van der Waals surface area contributed by atoms with Gasteiger partial charge in [-0.2, -0.15) is 35.0 Å². The molecule has 0 saturated carbocycles. The lowest BCUT2D eigenvalue weighted by Crippen LogP contribution is -2.44. The summed E-state index contributed by atoms with van der Waals surface area (Å²) in [6, 6.07) is 11.7. The Kier molecular flexibility index (Phi) is 27.4. The summed E-state index contributed by atoms with van der Waals surface area (Å²) >= 11 is 0. The van der Waals surface area contributed by atoms with Gasteiger partial charge in [0.1, 0.15) is 0 Å². The first-order chi connectivity index (χ1) is 33.9. The van der Waals surface area contributed by atoms with Gasteiger partial charge < -0.3 is 24.6 Å². The van der Waals surface area contributed by atoms with Crippen LogP contribution in [0.4, 0.5) is 26.3 Å². The van der Waals surface area contributed by atoms with Gasteiger partial charge in [0.2, 0.25) is 20.0 Å². The van der Waals surface area contributed by atoms with Crippen molar-refractivity contribution >= 4 is 56.3 Å². The van der Waals surface area contributed by atoms with E-state index in [1.807, 2.05) is 19.1 Å². The number of aliphatic carboxylic acids is 1. The maximum Gasteiger partial charge on any atom is 0.416 e. The standard InChI is InChI=1S/C16H20F3NO4S.C14H16F3NO4S.C9H17NO2.C9H11NO2.ClH/c1-2-24-15(21)11-13-7-3-4-9-20(13)25(22,23)14-8-5-6-12(10-14)16(17,18)19;15-14(16,17)10-4-3-6-12(8-10)23(21,22)18-7-2-1-5-11(18)9-13(19)20;2*1-2-12-9(11)7-8-5-3-4-6-10-8;/h5-6,8,10,13H,2-4,7,9,11H2,1H3;3-4,6,8,11H,1-2,5,7,9H2,(H,19,20);8,10H,2-7H2,1H3;3-6H,2,7H2,1H3;1H. The molecule has 3 unspecified atom stereocenters. The molecule has 73 heavy (non-hydrogen) atoms. The highest BCUT2D eigenvalue weighted by Gasteiger charge is 2.39. The van der Waals surface area contributed by atoms with E-state index in [0.29, 0.717) is 69.9 Å². The van der Waals surface area contributed by atoms with Gasteiger partial charge >= 0.3 is 36.2 Å². The molecule has 3 saturated heterocycles. The molecule has 0 aliphatic carbocycles. The summed E-state index contributed by atoms with van der Waals surface area (Å²) in [6.07, 6.45) is -0.277. The molecule has 0 amide bonds. The Hall–Kier alpha value is -4.88. The number of sulfonamides is 2. The van der Waals surface area contributed by atoms with Crippen molar-refractivity contribution in [2.75, 3.05) is 39.5 Å².